The van der Waals surface area contributed by atoms with Gasteiger partial charge >= 0.3 is 0 Å². The maximum absolute atomic E-state index is 12.6. The highest BCUT2D eigenvalue weighted by Gasteiger charge is 2.32. The lowest BCUT2D eigenvalue weighted by molar-refractivity contribution is 0.0575. The van der Waals surface area contributed by atoms with E-state index in [2.05, 4.69) is 36.4 Å². The van der Waals surface area contributed by atoms with Gasteiger partial charge in [0.2, 0.25) is 0 Å². The molecule has 158 valence electrons. The molecule has 2 aliphatic rings. The average Bonchev–Trinajstić information content (AvgIpc) is 2.78. The fourth-order valence-electron chi connectivity index (χ4n) is 4.59. The van der Waals surface area contributed by atoms with Crippen LogP contribution in [0.5, 0.6) is 0 Å². The van der Waals surface area contributed by atoms with E-state index >= 15 is 0 Å². The molecule has 2 N–H and O–H groups in total. The molecular weight excluding hydrogens is 444 g/mol. The van der Waals surface area contributed by atoms with Gasteiger partial charge in [-0.3, -0.25) is 14.6 Å². The number of aromatic nitrogens is 1. The van der Waals surface area contributed by atoms with Crippen LogP contribution in [0.25, 0.3) is 0 Å². The van der Waals surface area contributed by atoms with Gasteiger partial charge < -0.3 is 15.5 Å². The van der Waals surface area contributed by atoms with Crippen LogP contribution in [0.1, 0.15) is 52.8 Å². The van der Waals surface area contributed by atoms with Gasteiger partial charge in [-0.25, -0.2) is 0 Å². The van der Waals surface area contributed by atoms with Crippen LogP contribution >= 0.6 is 15.9 Å². The fourth-order valence-corrected chi connectivity index (χ4v) is 4.95. The average molecular weight is 471 g/mol. The summed E-state index contributed by atoms with van der Waals surface area (Å²) in [6, 6.07) is 9.33. The molecule has 2 atom stereocenters. The van der Waals surface area contributed by atoms with Crippen LogP contribution in [-0.4, -0.2) is 47.4 Å². The highest BCUT2D eigenvalue weighted by Crippen LogP contribution is 2.30. The van der Waals surface area contributed by atoms with E-state index in [0.29, 0.717) is 28.8 Å². The number of piperidine rings is 2. The lowest BCUT2D eigenvalue weighted by Gasteiger charge is -2.44. The summed E-state index contributed by atoms with van der Waals surface area (Å²) in [6.45, 7) is 3.14. The number of carbonyl (C=O) groups excluding carboxylic acids is 2. The second-order valence-corrected chi connectivity index (χ2v) is 9.05. The van der Waals surface area contributed by atoms with Crippen molar-refractivity contribution in [3.05, 3.63) is 58.3 Å². The normalized spacial score (nSPS) is 21.5. The SMILES string of the molecule is O=C(NC[C@H]1CCCN2CCCC[C@H]12)c1ccc(NC(=O)c2cncc(Br)c2)cc1. The molecule has 0 spiro atoms. The Morgan fingerprint density at radius 1 is 1.00 bits per heavy atom. The maximum Gasteiger partial charge on any atom is 0.257 e. The Kier molecular flexibility index (Phi) is 6.79. The number of hydrogen-bond acceptors (Lipinski definition) is 4. The van der Waals surface area contributed by atoms with Gasteiger partial charge in [0.25, 0.3) is 11.8 Å². The van der Waals surface area contributed by atoms with E-state index in [1.165, 1.54) is 51.4 Å². The van der Waals surface area contributed by atoms with Crippen molar-refractivity contribution in [2.75, 3.05) is 25.0 Å². The Labute approximate surface area is 185 Å². The van der Waals surface area contributed by atoms with Crippen molar-refractivity contribution in [2.24, 2.45) is 5.92 Å². The van der Waals surface area contributed by atoms with E-state index in [1.54, 1.807) is 36.5 Å². The van der Waals surface area contributed by atoms with Gasteiger partial charge in [0, 0.05) is 40.7 Å². The smallest absolute Gasteiger partial charge is 0.257 e. The first-order chi connectivity index (χ1) is 14.6. The highest BCUT2D eigenvalue weighted by atomic mass is 79.9. The summed E-state index contributed by atoms with van der Waals surface area (Å²) in [7, 11) is 0. The van der Waals surface area contributed by atoms with E-state index in [9.17, 15) is 9.59 Å². The van der Waals surface area contributed by atoms with Crippen molar-refractivity contribution in [2.45, 2.75) is 38.1 Å². The summed E-state index contributed by atoms with van der Waals surface area (Å²) in [5, 5.41) is 5.96. The van der Waals surface area contributed by atoms with E-state index < -0.39 is 0 Å². The van der Waals surface area contributed by atoms with Gasteiger partial charge in [-0.1, -0.05) is 6.42 Å². The highest BCUT2D eigenvalue weighted by molar-refractivity contribution is 9.10. The molecule has 2 aliphatic heterocycles. The number of hydrogen-bond donors (Lipinski definition) is 2. The van der Waals surface area contributed by atoms with Gasteiger partial charge in [0.05, 0.1) is 5.56 Å². The van der Waals surface area contributed by atoms with Gasteiger partial charge in [0.1, 0.15) is 0 Å². The third-order valence-electron chi connectivity index (χ3n) is 6.13. The Hall–Kier alpha value is -2.25. The van der Waals surface area contributed by atoms with E-state index in [1.807, 2.05) is 0 Å². The molecule has 0 saturated carbocycles. The Bertz CT molecular complexity index is 900. The number of carbonyl (C=O) groups is 2. The first-order valence-electron chi connectivity index (χ1n) is 10.6. The van der Waals surface area contributed by atoms with Crippen molar-refractivity contribution in [1.29, 1.82) is 0 Å². The minimum Gasteiger partial charge on any atom is -0.352 e. The van der Waals surface area contributed by atoms with Crippen molar-refractivity contribution < 1.29 is 9.59 Å². The summed E-state index contributed by atoms with van der Waals surface area (Å²) in [4.78, 5) is 31.6. The van der Waals surface area contributed by atoms with E-state index in [4.69, 9.17) is 0 Å². The first-order valence-corrected chi connectivity index (χ1v) is 11.4. The Morgan fingerprint density at radius 2 is 1.80 bits per heavy atom. The molecule has 7 heteroatoms. The summed E-state index contributed by atoms with van der Waals surface area (Å²) >= 11 is 3.31. The number of amides is 2. The molecule has 0 radical (unpaired) electrons. The monoisotopic (exact) mass is 470 g/mol. The zero-order chi connectivity index (χ0) is 20.9. The third kappa shape index (κ3) is 5.08. The molecule has 4 rings (SSSR count). The summed E-state index contributed by atoms with van der Waals surface area (Å²) in [5.74, 6) is 0.243. The minimum absolute atomic E-state index is 0.0583. The molecule has 3 heterocycles. The number of pyridine rings is 1. The molecule has 2 fully saturated rings. The van der Waals surface area contributed by atoms with Crippen molar-refractivity contribution in [1.82, 2.24) is 15.2 Å². The number of anilines is 1. The molecule has 2 aromatic rings. The third-order valence-corrected chi connectivity index (χ3v) is 6.56. The van der Waals surface area contributed by atoms with Crippen LogP contribution in [0, 0.1) is 5.92 Å². The lowest BCUT2D eigenvalue weighted by atomic mass is 9.83. The quantitative estimate of drug-likeness (QED) is 0.689. The van der Waals surface area contributed by atoms with Gasteiger partial charge in [-0.2, -0.15) is 0 Å². The molecule has 0 bridgehead atoms. The zero-order valence-corrected chi connectivity index (χ0v) is 18.5. The largest absolute Gasteiger partial charge is 0.352 e. The number of benzene rings is 1. The number of halogens is 1. The summed E-state index contributed by atoms with van der Waals surface area (Å²) in [6.07, 6.45) is 9.41. The zero-order valence-electron chi connectivity index (χ0n) is 16.9. The number of rotatable bonds is 5. The number of fused-ring (bicyclic) bond motifs is 1. The summed E-state index contributed by atoms with van der Waals surface area (Å²) in [5.41, 5.74) is 1.71. The standard InChI is InChI=1S/C23H27BrN4O2/c24-19-12-18(13-25-15-19)23(30)27-20-8-6-16(7-9-20)22(29)26-14-17-4-3-11-28-10-2-1-5-21(17)28/h6-9,12-13,15,17,21H,1-5,10-11,14H2,(H,26,29)(H,27,30)/t17-,21-/m1/s1. The topological polar surface area (TPSA) is 74.3 Å². The van der Waals surface area contributed by atoms with Crippen LogP contribution in [0.15, 0.2) is 47.2 Å². The Morgan fingerprint density at radius 3 is 2.60 bits per heavy atom. The van der Waals surface area contributed by atoms with Gasteiger partial charge in [0.15, 0.2) is 0 Å². The number of nitrogens with one attached hydrogen (secondary N) is 2. The predicted octanol–water partition coefficient (Wildman–Crippen LogP) is 4.09. The lowest BCUT2D eigenvalue weighted by Crippen LogP contribution is -2.51. The van der Waals surface area contributed by atoms with Crippen molar-refractivity contribution in [3.63, 3.8) is 0 Å². The van der Waals surface area contributed by atoms with Gasteiger partial charge in [-0.05, 0) is 91.0 Å². The molecule has 0 unspecified atom stereocenters. The molecule has 30 heavy (non-hydrogen) atoms. The second-order valence-electron chi connectivity index (χ2n) is 8.13. The van der Waals surface area contributed by atoms with E-state index in [-0.39, 0.29) is 11.8 Å². The van der Waals surface area contributed by atoms with Gasteiger partial charge in [-0.15, -0.1) is 0 Å². The predicted molar refractivity (Wildman–Crippen MR) is 121 cm³/mol. The molecule has 1 aromatic heterocycles. The molecular formula is C23H27BrN4O2. The Balaban J connectivity index is 1.31. The summed E-state index contributed by atoms with van der Waals surface area (Å²) < 4.78 is 0.747. The van der Waals surface area contributed by atoms with Crippen LogP contribution in [-0.2, 0) is 0 Å². The van der Waals surface area contributed by atoms with Crippen LogP contribution in [0.2, 0.25) is 0 Å². The van der Waals surface area contributed by atoms with Crippen molar-refractivity contribution in [3.8, 4) is 0 Å². The molecule has 1 aromatic carbocycles. The molecule has 2 saturated heterocycles. The number of nitrogens with zero attached hydrogens (tertiary/aromatic N) is 2. The maximum atomic E-state index is 12.6. The minimum atomic E-state index is -0.240. The fraction of sp³-hybridized carbons (Fsp3) is 0.435. The van der Waals surface area contributed by atoms with Crippen LogP contribution < -0.4 is 10.6 Å². The second kappa shape index (κ2) is 9.71. The van der Waals surface area contributed by atoms with E-state index in [0.717, 1.165) is 11.0 Å². The van der Waals surface area contributed by atoms with Crippen molar-refractivity contribution >= 4 is 33.4 Å². The molecule has 0 aliphatic carbocycles. The molecule has 6 nitrogen and oxygen atoms in total. The van der Waals surface area contributed by atoms with Crippen LogP contribution in [0.4, 0.5) is 5.69 Å². The molecule has 2 amide bonds. The first kappa shape index (κ1) is 21.0. The van der Waals surface area contributed by atoms with Crippen LogP contribution in [0.3, 0.4) is 0 Å².